The zero-order valence-corrected chi connectivity index (χ0v) is 11.7. The average molecular weight is 249 g/mol. The van der Waals surface area contributed by atoms with Crippen LogP contribution < -0.4 is 11.1 Å². The molecule has 0 radical (unpaired) electrons. The zero-order chi connectivity index (χ0) is 13.8. The number of carbonyl (C=O) groups excluding carboxylic acids is 1. The monoisotopic (exact) mass is 249 g/mol. The van der Waals surface area contributed by atoms with E-state index in [0.717, 1.165) is 12.1 Å². The van der Waals surface area contributed by atoms with E-state index in [1.54, 1.807) is 6.07 Å². The molecular weight excluding hydrogens is 226 g/mol. The number of nitrogens with two attached hydrogens (primary N) is 1. The Labute approximate surface area is 109 Å². The van der Waals surface area contributed by atoms with Crippen LogP contribution in [0, 0.1) is 12.3 Å². The van der Waals surface area contributed by atoms with Crippen LogP contribution in [-0.4, -0.2) is 23.5 Å². The third kappa shape index (κ3) is 5.27. The van der Waals surface area contributed by atoms with Crippen molar-refractivity contribution >= 4 is 5.91 Å². The van der Waals surface area contributed by atoms with Crippen molar-refractivity contribution in [3.63, 3.8) is 0 Å². The van der Waals surface area contributed by atoms with Crippen molar-refractivity contribution in [3.05, 3.63) is 29.6 Å². The number of aromatic nitrogens is 1. The van der Waals surface area contributed by atoms with E-state index in [0.29, 0.717) is 12.2 Å². The van der Waals surface area contributed by atoms with Crippen LogP contribution in [0.25, 0.3) is 0 Å². The lowest BCUT2D eigenvalue weighted by Crippen LogP contribution is -2.39. The van der Waals surface area contributed by atoms with Crippen molar-refractivity contribution in [2.45, 2.75) is 40.2 Å². The number of hydrogen-bond acceptors (Lipinski definition) is 3. The molecule has 1 heterocycles. The standard InChI is InChI=1S/C14H23N3O/c1-10-6-5-7-12(17-10)13(18)16-9-11(15)8-14(2,3)4/h5-7,11H,8-9,15H2,1-4H3,(H,16,18). The van der Waals surface area contributed by atoms with Crippen LogP contribution in [0.1, 0.15) is 43.4 Å². The largest absolute Gasteiger partial charge is 0.349 e. The summed E-state index contributed by atoms with van der Waals surface area (Å²) in [7, 11) is 0. The number of pyridine rings is 1. The van der Waals surface area contributed by atoms with Gasteiger partial charge in [-0.15, -0.1) is 0 Å². The molecule has 1 unspecified atom stereocenters. The van der Waals surface area contributed by atoms with Gasteiger partial charge in [0.2, 0.25) is 0 Å². The fraction of sp³-hybridized carbons (Fsp3) is 0.571. The Bertz CT molecular complexity index is 410. The van der Waals surface area contributed by atoms with E-state index in [4.69, 9.17) is 5.73 Å². The van der Waals surface area contributed by atoms with Gasteiger partial charge in [0.15, 0.2) is 0 Å². The van der Waals surface area contributed by atoms with Gasteiger partial charge in [0, 0.05) is 18.3 Å². The Balaban J connectivity index is 2.47. The Kier molecular flexibility index (Phi) is 4.84. The summed E-state index contributed by atoms with van der Waals surface area (Å²) in [5.41, 5.74) is 7.43. The molecule has 4 nitrogen and oxygen atoms in total. The first-order chi connectivity index (χ1) is 8.28. The molecule has 0 fully saturated rings. The molecule has 0 aliphatic heterocycles. The number of nitrogens with zero attached hydrogens (tertiary/aromatic N) is 1. The third-order valence-electron chi connectivity index (χ3n) is 2.52. The Hall–Kier alpha value is -1.42. The second-order valence-corrected chi connectivity index (χ2v) is 5.90. The van der Waals surface area contributed by atoms with Crippen LogP contribution >= 0.6 is 0 Å². The molecule has 0 bridgehead atoms. The minimum Gasteiger partial charge on any atom is -0.349 e. The molecule has 18 heavy (non-hydrogen) atoms. The highest BCUT2D eigenvalue weighted by Gasteiger charge is 2.16. The zero-order valence-electron chi connectivity index (χ0n) is 11.7. The predicted octanol–water partition coefficient (Wildman–Crippen LogP) is 1.88. The maximum atomic E-state index is 11.8. The minimum atomic E-state index is -0.164. The Morgan fingerprint density at radius 2 is 2.11 bits per heavy atom. The van der Waals surface area contributed by atoms with E-state index in [-0.39, 0.29) is 17.4 Å². The van der Waals surface area contributed by atoms with Crippen molar-refractivity contribution in [2.24, 2.45) is 11.1 Å². The van der Waals surface area contributed by atoms with Crippen LogP contribution in [0.5, 0.6) is 0 Å². The first-order valence-corrected chi connectivity index (χ1v) is 6.25. The summed E-state index contributed by atoms with van der Waals surface area (Å²) in [6.07, 6.45) is 0.870. The molecule has 1 aromatic heterocycles. The van der Waals surface area contributed by atoms with Gasteiger partial charge in [-0.05, 0) is 30.9 Å². The fourth-order valence-corrected chi connectivity index (χ4v) is 1.84. The second kappa shape index (κ2) is 5.96. The quantitative estimate of drug-likeness (QED) is 0.856. The van der Waals surface area contributed by atoms with Crippen molar-refractivity contribution in [1.29, 1.82) is 0 Å². The molecule has 0 aromatic carbocycles. The molecular formula is C14H23N3O. The number of nitrogens with one attached hydrogen (secondary N) is 1. The first-order valence-electron chi connectivity index (χ1n) is 6.25. The highest BCUT2D eigenvalue weighted by molar-refractivity contribution is 5.92. The normalized spacial score (nSPS) is 13.2. The molecule has 1 amide bonds. The van der Waals surface area contributed by atoms with Crippen LogP contribution in [0.2, 0.25) is 0 Å². The summed E-state index contributed by atoms with van der Waals surface area (Å²) in [4.78, 5) is 16.0. The maximum absolute atomic E-state index is 11.8. The van der Waals surface area contributed by atoms with Gasteiger partial charge in [0.05, 0.1) is 0 Å². The van der Waals surface area contributed by atoms with Crippen LogP contribution in [0.15, 0.2) is 18.2 Å². The predicted molar refractivity (Wildman–Crippen MR) is 73.4 cm³/mol. The first kappa shape index (κ1) is 14.6. The van der Waals surface area contributed by atoms with E-state index < -0.39 is 0 Å². The lowest BCUT2D eigenvalue weighted by molar-refractivity contribution is 0.0943. The molecule has 0 aliphatic rings. The van der Waals surface area contributed by atoms with Crippen molar-refractivity contribution in [2.75, 3.05) is 6.54 Å². The second-order valence-electron chi connectivity index (χ2n) is 5.90. The topological polar surface area (TPSA) is 68.0 Å². The maximum Gasteiger partial charge on any atom is 0.269 e. The summed E-state index contributed by atoms with van der Waals surface area (Å²) in [6.45, 7) is 8.75. The van der Waals surface area contributed by atoms with Gasteiger partial charge in [-0.1, -0.05) is 26.8 Å². The summed E-state index contributed by atoms with van der Waals surface area (Å²) in [5, 5.41) is 2.82. The van der Waals surface area contributed by atoms with Crippen molar-refractivity contribution in [1.82, 2.24) is 10.3 Å². The SMILES string of the molecule is Cc1cccc(C(=O)NCC(N)CC(C)(C)C)n1. The molecule has 100 valence electrons. The van der Waals surface area contributed by atoms with E-state index in [9.17, 15) is 4.79 Å². The number of hydrogen-bond donors (Lipinski definition) is 2. The summed E-state index contributed by atoms with van der Waals surface area (Å²) < 4.78 is 0. The van der Waals surface area contributed by atoms with Crippen LogP contribution in [0.4, 0.5) is 0 Å². The van der Waals surface area contributed by atoms with Crippen molar-refractivity contribution < 1.29 is 4.79 Å². The van der Waals surface area contributed by atoms with Gasteiger partial charge in [-0.3, -0.25) is 4.79 Å². The highest BCUT2D eigenvalue weighted by atomic mass is 16.1. The Morgan fingerprint density at radius 1 is 1.44 bits per heavy atom. The number of amides is 1. The number of aryl methyl sites for hydroxylation is 1. The van der Waals surface area contributed by atoms with E-state index in [2.05, 4.69) is 31.1 Å². The summed E-state index contributed by atoms with van der Waals surface area (Å²) in [5.74, 6) is -0.164. The lowest BCUT2D eigenvalue weighted by atomic mass is 9.88. The van der Waals surface area contributed by atoms with Gasteiger partial charge in [0.25, 0.3) is 5.91 Å². The molecule has 1 rings (SSSR count). The molecule has 4 heteroatoms. The van der Waals surface area contributed by atoms with E-state index in [1.807, 2.05) is 19.1 Å². The van der Waals surface area contributed by atoms with Crippen LogP contribution in [-0.2, 0) is 0 Å². The average Bonchev–Trinajstić information content (AvgIpc) is 2.23. The van der Waals surface area contributed by atoms with Crippen molar-refractivity contribution in [3.8, 4) is 0 Å². The molecule has 0 saturated carbocycles. The smallest absolute Gasteiger partial charge is 0.269 e. The lowest BCUT2D eigenvalue weighted by Gasteiger charge is -2.23. The Morgan fingerprint density at radius 3 is 2.67 bits per heavy atom. The molecule has 1 aromatic rings. The molecule has 3 N–H and O–H groups in total. The van der Waals surface area contributed by atoms with Gasteiger partial charge in [0.1, 0.15) is 5.69 Å². The van der Waals surface area contributed by atoms with Gasteiger partial charge in [-0.2, -0.15) is 0 Å². The van der Waals surface area contributed by atoms with E-state index >= 15 is 0 Å². The molecule has 0 aliphatic carbocycles. The van der Waals surface area contributed by atoms with Gasteiger partial charge >= 0.3 is 0 Å². The highest BCUT2D eigenvalue weighted by Crippen LogP contribution is 2.19. The van der Waals surface area contributed by atoms with E-state index in [1.165, 1.54) is 0 Å². The number of rotatable bonds is 4. The van der Waals surface area contributed by atoms with Gasteiger partial charge in [-0.25, -0.2) is 4.98 Å². The van der Waals surface area contributed by atoms with Gasteiger partial charge < -0.3 is 11.1 Å². The molecule has 0 spiro atoms. The fourth-order valence-electron chi connectivity index (χ4n) is 1.84. The third-order valence-corrected chi connectivity index (χ3v) is 2.52. The summed E-state index contributed by atoms with van der Waals surface area (Å²) >= 11 is 0. The van der Waals surface area contributed by atoms with Crippen LogP contribution in [0.3, 0.4) is 0 Å². The molecule has 0 saturated heterocycles. The molecule has 1 atom stereocenters. The minimum absolute atomic E-state index is 0.0289. The number of carbonyl (C=O) groups is 1. The summed E-state index contributed by atoms with van der Waals surface area (Å²) in [6, 6.07) is 5.37.